The fourth-order valence-electron chi connectivity index (χ4n) is 3.88. The van der Waals surface area contributed by atoms with Crippen molar-refractivity contribution in [3.05, 3.63) is 45.9 Å². The van der Waals surface area contributed by atoms with Gasteiger partial charge in [-0.3, -0.25) is 9.59 Å². The van der Waals surface area contributed by atoms with Crippen molar-refractivity contribution in [1.82, 2.24) is 15.0 Å². The monoisotopic (exact) mass is 395 g/mol. The summed E-state index contributed by atoms with van der Waals surface area (Å²) in [6.07, 6.45) is 2.90. The average molecular weight is 395 g/mol. The van der Waals surface area contributed by atoms with Gasteiger partial charge in [-0.1, -0.05) is 43.8 Å². The molecule has 0 fully saturated rings. The van der Waals surface area contributed by atoms with E-state index in [0.717, 1.165) is 0 Å². The van der Waals surface area contributed by atoms with Crippen molar-refractivity contribution in [3.8, 4) is 16.9 Å². The molecular formula is C21H21N3O3S. The summed E-state index contributed by atoms with van der Waals surface area (Å²) >= 11 is 1.35. The Hall–Kier alpha value is -2.67. The Kier molecular flexibility index (Phi) is 4.50. The number of carbonyl (C=O) groups excluding carboxylic acids is 1. The average Bonchev–Trinajstić information content (AvgIpc) is 2.65. The molecule has 0 amide bonds. The molecule has 0 saturated heterocycles. The van der Waals surface area contributed by atoms with Crippen LogP contribution in [0, 0.1) is 5.41 Å². The van der Waals surface area contributed by atoms with E-state index in [1.54, 1.807) is 7.11 Å². The van der Waals surface area contributed by atoms with Gasteiger partial charge in [-0.05, 0) is 24.2 Å². The lowest BCUT2D eigenvalue weighted by Gasteiger charge is -2.31. The summed E-state index contributed by atoms with van der Waals surface area (Å²) in [5.41, 5.74) is 2.35. The highest BCUT2D eigenvalue weighted by atomic mass is 32.2. The number of fused-ring (bicyclic) bond motifs is 2. The van der Waals surface area contributed by atoms with Crippen LogP contribution in [0.2, 0.25) is 0 Å². The van der Waals surface area contributed by atoms with Crippen molar-refractivity contribution < 1.29 is 9.53 Å². The first-order valence-corrected chi connectivity index (χ1v) is 10.2. The summed E-state index contributed by atoms with van der Waals surface area (Å²) in [6, 6.07) is 7.41. The third-order valence-electron chi connectivity index (χ3n) is 5.04. The van der Waals surface area contributed by atoms with Crippen molar-refractivity contribution in [2.24, 2.45) is 5.41 Å². The molecule has 0 unspecified atom stereocenters. The molecule has 1 aliphatic carbocycles. The smallest absolute Gasteiger partial charge is 0.261 e. The standard InChI is InChI=1S/C21H21N3O3S/c1-21(2)9-12-16(13(25)10-21)15(11-7-5-6-8-14(11)27-3)17-18(22-12)23-20(28-4)24-19(17)26/h5-8H,9-10H2,1-4H3,(H,22,23,24,26). The number of hydrogen-bond donors (Lipinski definition) is 1. The molecule has 0 saturated carbocycles. The van der Waals surface area contributed by atoms with Crippen molar-refractivity contribution in [1.29, 1.82) is 0 Å². The van der Waals surface area contributed by atoms with Gasteiger partial charge in [-0.25, -0.2) is 9.97 Å². The number of rotatable bonds is 3. The highest BCUT2D eigenvalue weighted by Gasteiger charge is 2.36. The summed E-state index contributed by atoms with van der Waals surface area (Å²) < 4.78 is 5.53. The van der Waals surface area contributed by atoms with E-state index in [0.29, 0.717) is 57.2 Å². The number of nitrogens with one attached hydrogen (secondary N) is 1. The van der Waals surface area contributed by atoms with Crippen molar-refractivity contribution in [2.75, 3.05) is 13.4 Å². The Bertz CT molecular complexity index is 1170. The van der Waals surface area contributed by atoms with Gasteiger partial charge in [-0.15, -0.1) is 0 Å². The second kappa shape index (κ2) is 6.74. The maximum absolute atomic E-state index is 13.2. The van der Waals surface area contributed by atoms with E-state index in [1.807, 2.05) is 30.5 Å². The highest BCUT2D eigenvalue weighted by molar-refractivity contribution is 7.98. The number of pyridine rings is 1. The molecule has 1 aliphatic rings. The summed E-state index contributed by atoms with van der Waals surface area (Å²) in [5.74, 6) is 0.595. The van der Waals surface area contributed by atoms with Gasteiger partial charge >= 0.3 is 0 Å². The van der Waals surface area contributed by atoms with E-state index in [-0.39, 0.29) is 16.8 Å². The number of aromatic amines is 1. The molecule has 0 atom stereocenters. The first-order chi connectivity index (χ1) is 13.3. The minimum atomic E-state index is -0.303. The molecule has 0 aliphatic heterocycles. The molecular weight excluding hydrogens is 374 g/mol. The summed E-state index contributed by atoms with van der Waals surface area (Å²) in [7, 11) is 1.58. The van der Waals surface area contributed by atoms with Crippen molar-refractivity contribution >= 4 is 28.6 Å². The van der Waals surface area contributed by atoms with Gasteiger partial charge in [-0.2, -0.15) is 0 Å². The Morgan fingerprint density at radius 3 is 2.57 bits per heavy atom. The number of hydrogen-bond acceptors (Lipinski definition) is 6. The predicted molar refractivity (Wildman–Crippen MR) is 110 cm³/mol. The molecule has 4 rings (SSSR count). The molecule has 144 valence electrons. The number of ether oxygens (including phenoxy) is 1. The first-order valence-electron chi connectivity index (χ1n) is 9.02. The van der Waals surface area contributed by atoms with Crippen LogP contribution in [0.3, 0.4) is 0 Å². The second-order valence-corrected chi connectivity index (χ2v) is 8.52. The Morgan fingerprint density at radius 1 is 1.11 bits per heavy atom. The van der Waals surface area contributed by atoms with Crippen LogP contribution in [0.1, 0.15) is 36.3 Å². The summed E-state index contributed by atoms with van der Waals surface area (Å²) in [4.78, 5) is 38.1. The van der Waals surface area contributed by atoms with E-state index in [1.165, 1.54) is 11.8 Å². The number of benzene rings is 1. The number of nitrogens with zero attached hydrogens (tertiary/aromatic N) is 2. The fraction of sp³-hybridized carbons (Fsp3) is 0.333. The molecule has 2 aromatic heterocycles. The number of thioether (sulfide) groups is 1. The van der Waals surface area contributed by atoms with Gasteiger partial charge in [0.15, 0.2) is 16.6 Å². The summed E-state index contributed by atoms with van der Waals surface area (Å²) in [6.45, 7) is 4.11. The molecule has 2 heterocycles. The zero-order valence-electron chi connectivity index (χ0n) is 16.3. The molecule has 0 spiro atoms. The van der Waals surface area contributed by atoms with Gasteiger partial charge in [0, 0.05) is 23.1 Å². The zero-order valence-corrected chi connectivity index (χ0v) is 17.1. The SMILES string of the molecule is COc1ccccc1-c1c2c(nc3nc(SC)[nH]c(=O)c13)CC(C)(C)CC2=O. The van der Waals surface area contributed by atoms with Gasteiger partial charge in [0.1, 0.15) is 5.75 Å². The number of H-pyrrole nitrogens is 1. The second-order valence-electron chi connectivity index (χ2n) is 7.72. The maximum atomic E-state index is 13.2. The van der Waals surface area contributed by atoms with Crippen molar-refractivity contribution in [3.63, 3.8) is 0 Å². The highest BCUT2D eigenvalue weighted by Crippen LogP contribution is 2.42. The first kappa shape index (κ1) is 18.7. The number of Topliss-reactive ketones (excluding diaryl/α,β-unsaturated/α-hetero) is 1. The number of para-hydroxylation sites is 1. The Labute approximate surface area is 166 Å². The number of aromatic nitrogens is 3. The molecule has 6 nitrogen and oxygen atoms in total. The third-order valence-corrected chi connectivity index (χ3v) is 5.62. The van der Waals surface area contributed by atoms with Crippen LogP contribution in [0.4, 0.5) is 0 Å². The Balaban J connectivity index is 2.19. The molecule has 7 heteroatoms. The molecule has 3 aromatic rings. The van der Waals surface area contributed by atoms with Crippen LogP contribution in [-0.4, -0.2) is 34.1 Å². The number of methoxy groups -OCH3 is 1. The molecule has 0 bridgehead atoms. The van der Waals surface area contributed by atoms with E-state index < -0.39 is 0 Å². The molecule has 1 N–H and O–H groups in total. The topological polar surface area (TPSA) is 84.9 Å². The Morgan fingerprint density at radius 2 is 1.86 bits per heavy atom. The summed E-state index contributed by atoms with van der Waals surface area (Å²) in [5, 5.41) is 0.825. The lowest BCUT2D eigenvalue weighted by Crippen LogP contribution is -2.29. The third kappa shape index (κ3) is 2.99. The lowest BCUT2D eigenvalue weighted by molar-refractivity contribution is 0.0911. The van der Waals surface area contributed by atoms with Crippen LogP contribution in [0.15, 0.2) is 34.2 Å². The van der Waals surface area contributed by atoms with Crippen LogP contribution >= 0.6 is 11.8 Å². The quantitative estimate of drug-likeness (QED) is 0.535. The van der Waals surface area contributed by atoms with Crippen LogP contribution in [0.25, 0.3) is 22.2 Å². The number of ketones is 1. The predicted octanol–water partition coefficient (Wildman–Crippen LogP) is 3.87. The molecule has 28 heavy (non-hydrogen) atoms. The van der Waals surface area contributed by atoms with Gasteiger partial charge in [0.25, 0.3) is 5.56 Å². The van der Waals surface area contributed by atoms with Crippen LogP contribution in [0.5, 0.6) is 5.75 Å². The van der Waals surface area contributed by atoms with Crippen LogP contribution in [-0.2, 0) is 6.42 Å². The largest absolute Gasteiger partial charge is 0.496 e. The van der Waals surface area contributed by atoms with Crippen LogP contribution < -0.4 is 10.3 Å². The normalized spacial score (nSPS) is 15.5. The van der Waals surface area contributed by atoms with Gasteiger partial charge in [0.2, 0.25) is 0 Å². The minimum absolute atomic E-state index is 0.00472. The minimum Gasteiger partial charge on any atom is -0.496 e. The van der Waals surface area contributed by atoms with E-state index >= 15 is 0 Å². The zero-order chi connectivity index (χ0) is 20.1. The molecule has 0 radical (unpaired) electrons. The van der Waals surface area contributed by atoms with Gasteiger partial charge in [0.05, 0.1) is 18.2 Å². The van der Waals surface area contributed by atoms with E-state index in [2.05, 4.69) is 28.8 Å². The van der Waals surface area contributed by atoms with Crippen molar-refractivity contribution in [2.45, 2.75) is 31.8 Å². The van der Waals surface area contributed by atoms with E-state index in [9.17, 15) is 9.59 Å². The fourth-order valence-corrected chi connectivity index (χ4v) is 4.26. The molecule has 1 aromatic carbocycles. The number of carbonyl (C=O) groups is 1. The van der Waals surface area contributed by atoms with Gasteiger partial charge < -0.3 is 9.72 Å². The van der Waals surface area contributed by atoms with E-state index in [4.69, 9.17) is 4.74 Å². The lowest BCUT2D eigenvalue weighted by atomic mass is 9.73. The maximum Gasteiger partial charge on any atom is 0.261 e.